The fourth-order valence-corrected chi connectivity index (χ4v) is 1.69. The van der Waals surface area contributed by atoms with Gasteiger partial charge in [0, 0.05) is 0 Å². The second-order valence-electron chi connectivity index (χ2n) is 2.97. The minimum Gasteiger partial charge on any atom is -0.410 e. The van der Waals surface area contributed by atoms with Crippen LogP contribution in [0, 0.1) is 11.3 Å². The highest BCUT2D eigenvalue weighted by Gasteiger charge is 2.07. The average Bonchev–Trinajstić information content (AvgIpc) is 2.78. The Labute approximate surface area is 101 Å². The summed E-state index contributed by atoms with van der Waals surface area (Å²) in [6, 6.07) is 10.6. The molecule has 1 aromatic heterocycles. The molecule has 5 nitrogen and oxygen atoms in total. The van der Waals surface area contributed by atoms with Gasteiger partial charge in [-0.3, -0.25) is 5.32 Å². The highest BCUT2D eigenvalue weighted by molar-refractivity contribution is 7.16. The molecule has 0 aliphatic rings. The number of hydrogen-bond acceptors (Lipinski definition) is 5. The van der Waals surface area contributed by atoms with Gasteiger partial charge in [-0.05, 0) is 12.1 Å². The number of aromatic nitrogens is 1. The number of nitrogens with zero attached hydrogens (tertiary/aromatic N) is 2. The fraction of sp³-hybridized carbons (Fsp3) is 0. The lowest BCUT2D eigenvalue weighted by atomic mass is 10.3. The Kier molecular flexibility index (Phi) is 3.33. The number of thiazole rings is 1. The van der Waals surface area contributed by atoms with Crippen LogP contribution in [0.5, 0.6) is 5.75 Å². The summed E-state index contributed by atoms with van der Waals surface area (Å²) in [5, 5.41) is 11.4. The first-order valence-electron chi connectivity index (χ1n) is 4.68. The number of nitrogens with one attached hydrogen (secondary N) is 1. The molecule has 0 radical (unpaired) electrons. The summed E-state index contributed by atoms with van der Waals surface area (Å²) >= 11 is 1.09. The first kappa shape index (κ1) is 11.1. The number of rotatable bonds is 2. The molecule has 0 aliphatic heterocycles. The van der Waals surface area contributed by atoms with E-state index < -0.39 is 6.09 Å². The minimum absolute atomic E-state index is 0.336. The van der Waals surface area contributed by atoms with Crippen molar-refractivity contribution in [2.75, 3.05) is 5.32 Å². The van der Waals surface area contributed by atoms with E-state index in [1.54, 1.807) is 24.3 Å². The number of carbonyl (C=O) groups is 1. The molecule has 0 atom stereocenters. The third kappa shape index (κ3) is 3.03. The summed E-state index contributed by atoms with van der Waals surface area (Å²) in [6.07, 6.45) is 0.762. The highest BCUT2D eigenvalue weighted by Crippen LogP contribution is 2.17. The molecule has 0 saturated carbocycles. The zero-order valence-electron chi connectivity index (χ0n) is 8.58. The van der Waals surface area contributed by atoms with Gasteiger partial charge in [0.05, 0.1) is 6.20 Å². The van der Waals surface area contributed by atoms with Crippen LogP contribution in [0.3, 0.4) is 0 Å². The lowest BCUT2D eigenvalue weighted by Gasteiger charge is -2.03. The van der Waals surface area contributed by atoms with Gasteiger partial charge in [0.15, 0.2) is 5.13 Å². The summed E-state index contributed by atoms with van der Waals surface area (Å²) in [4.78, 5) is 15.7. The predicted molar refractivity (Wildman–Crippen MR) is 62.9 cm³/mol. The lowest BCUT2D eigenvalue weighted by molar-refractivity contribution is 0.215. The summed E-state index contributed by atoms with van der Waals surface area (Å²) in [5.74, 6) is 0.446. The third-order valence-corrected chi connectivity index (χ3v) is 2.60. The minimum atomic E-state index is -0.630. The normalized spacial score (nSPS) is 9.35. The van der Waals surface area contributed by atoms with Gasteiger partial charge in [-0.2, -0.15) is 5.26 Å². The van der Waals surface area contributed by atoms with E-state index in [0.717, 1.165) is 11.3 Å². The number of ether oxygens (including phenoxy) is 1. The lowest BCUT2D eigenvalue weighted by Crippen LogP contribution is -2.16. The van der Waals surface area contributed by atoms with Crippen LogP contribution in [0.1, 0.15) is 4.88 Å². The van der Waals surface area contributed by atoms with Crippen molar-refractivity contribution in [3.8, 4) is 11.8 Å². The highest BCUT2D eigenvalue weighted by atomic mass is 32.1. The van der Waals surface area contributed by atoms with Crippen LogP contribution in [-0.2, 0) is 0 Å². The number of benzene rings is 1. The molecule has 0 aliphatic carbocycles. The van der Waals surface area contributed by atoms with Gasteiger partial charge in [-0.1, -0.05) is 29.5 Å². The van der Waals surface area contributed by atoms with Crippen LogP contribution in [-0.4, -0.2) is 11.1 Å². The van der Waals surface area contributed by atoms with E-state index in [-0.39, 0.29) is 0 Å². The van der Waals surface area contributed by atoms with Crippen LogP contribution in [0.2, 0.25) is 0 Å². The first-order valence-corrected chi connectivity index (χ1v) is 5.49. The van der Waals surface area contributed by atoms with Gasteiger partial charge in [0.2, 0.25) is 0 Å². The zero-order chi connectivity index (χ0) is 12.1. The van der Waals surface area contributed by atoms with Gasteiger partial charge >= 0.3 is 6.09 Å². The van der Waals surface area contributed by atoms with Crippen molar-refractivity contribution in [2.45, 2.75) is 0 Å². The Hall–Kier alpha value is -2.39. The number of anilines is 1. The van der Waals surface area contributed by atoms with Gasteiger partial charge in [-0.15, -0.1) is 0 Å². The van der Waals surface area contributed by atoms with E-state index in [9.17, 15) is 4.79 Å². The van der Waals surface area contributed by atoms with Crippen molar-refractivity contribution in [1.82, 2.24) is 4.98 Å². The summed E-state index contributed by atoms with van der Waals surface area (Å²) < 4.78 is 4.99. The van der Waals surface area contributed by atoms with E-state index >= 15 is 0 Å². The molecular formula is C11H7N3O2S. The molecule has 0 unspecified atom stereocenters. The Morgan fingerprint density at radius 1 is 1.41 bits per heavy atom. The Morgan fingerprint density at radius 2 is 2.18 bits per heavy atom. The summed E-state index contributed by atoms with van der Waals surface area (Å²) in [7, 11) is 0. The van der Waals surface area contributed by atoms with E-state index in [0.29, 0.717) is 15.8 Å². The van der Waals surface area contributed by atoms with E-state index in [1.807, 2.05) is 12.1 Å². The van der Waals surface area contributed by atoms with Crippen LogP contribution < -0.4 is 10.1 Å². The van der Waals surface area contributed by atoms with Crippen molar-refractivity contribution in [1.29, 1.82) is 5.26 Å². The topological polar surface area (TPSA) is 75.0 Å². The van der Waals surface area contributed by atoms with Crippen LogP contribution in [0.15, 0.2) is 36.5 Å². The van der Waals surface area contributed by atoms with Crippen LogP contribution >= 0.6 is 11.3 Å². The van der Waals surface area contributed by atoms with Crippen molar-refractivity contribution >= 4 is 22.6 Å². The van der Waals surface area contributed by atoms with E-state index in [4.69, 9.17) is 10.00 Å². The monoisotopic (exact) mass is 245 g/mol. The van der Waals surface area contributed by atoms with Gasteiger partial charge in [0.1, 0.15) is 16.7 Å². The number of amides is 1. The number of para-hydroxylation sites is 1. The molecule has 0 saturated heterocycles. The molecule has 0 bridgehead atoms. The Balaban J connectivity index is 1.96. The molecule has 1 aromatic carbocycles. The molecule has 17 heavy (non-hydrogen) atoms. The van der Waals surface area contributed by atoms with E-state index in [2.05, 4.69) is 10.3 Å². The van der Waals surface area contributed by atoms with Crippen molar-refractivity contribution in [3.05, 3.63) is 41.4 Å². The molecule has 1 heterocycles. The van der Waals surface area contributed by atoms with E-state index in [1.165, 1.54) is 6.20 Å². The standard InChI is InChI=1S/C11H7N3O2S/c12-6-9-7-13-10(17-9)14-11(15)16-8-4-2-1-3-5-8/h1-5,7H,(H,13,14,15). The van der Waals surface area contributed by atoms with Crippen LogP contribution in [0.4, 0.5) is 9.93 Å². The molecule has 2 aromatic rings. The predicted octanol–water partition coefficient (Wildman–Crippen LogP) is 2.63. The Morgan fingerprint density at radius 3 is 2.82 bits per heavy atom. The average molecular weight is 245 g/mol. The maximum atomic E-state index is 11.4. The van der Waals surface area contributed by atoms with Gasteiger partial charge in [-0.25, -0.2) is 9.78 Å². The smallest absolute Gasteiger partial charge is 0.410 e. The van der Waals surface area contributed by atoms with Crippen molar-refractivity contribution in [3.63, 3.8) is 0 Å². The van der Waals surface area contributed by atoms with Gasteiger partial charge < -0.3 is 4.74 Å². The summed E-state index contributed by atoms with van der Waals surface area (Å²) in [6.45, 7) is 0. The largest absolute Gasteiger partial charge is 0.418 e. The molecule has 1 N–H and O–H groups in total. The molecule has 2 rings (SSSR count). The third-order valence-electron chi connectivity index (χ3n) is 1.78. The van der Waals surface area contributed by atoms with Crippen LogP contribution in [0.25, 0.3) is 0 Å². The second kappa shape index (κ2) is 5.09. The maximum absolute atomic E-state index is 11.4. The Bertz CT molecular complexity index is 560. The fourth-order valence-electron chi connectivity index (χ4n) is 1.09. The maximum Gasteiger partial charge on any atom is 0.418 e. The molecule has 6 heteroatoms. The molecule has 1 amide bonds. The molecule has 0 fully saturated rings. The number of hydrogen-bond donors (Lipinski definition) is 1. The van der Waals surface area contributed by atoms with Crippen molar-refractivity contribution < 1.29 is 9.53 Å². The van der Waals surface area contributed by atoms with Crippen molar-refractivity contribution in [2.24, 2.45) is 0 Å². The summed E-state index contributed by atoms with van der Waals surface area (Å²) in [5.41, 5.74) is 0. The van der Waals surface area contributed by atoms with Gasteiger partial charge in [0.25, 0.3) is 0 Å². The first-order chi connectivity index (χ1) is 8.28. The second-order valence-corrected chi connectivity index (χ2v) is 4.00. The zero-order valence-corrected chi connectivity index (χ0v) is 9.40. The SMILES string of the molecule is N#Cc1cnc(NC(=O)Oc2ccccc2)s1. The number of nitriles is 1. The molecule has 0 spiro atoms. The molecular weight excluding hydrogens is 238 g/mol. The number of carbonyl (C=O) groups excluding carboxylic acids is 1. The molecule has 84 valence electrons. The quantitative estimate of drug-likeness (QED) is 0.882.